The lowest BCUT2D eigenvalue weighted by Crippen LogP contribution is -2.26. The molecule has 19 nitrogen and oxygen atoms in total. The summed E-state index contributed by atoms with van der Waals surface area (Å²) in [5.74, 6) is 1.33. The molecule has 3 aliphatic heterocycles. The summed E-state index contributed by atoms with van der Waals surface area (Å²) in [4.78, 5) is 25.0. The van der Waals surface area contributed by atoms with E-state index in [0.29, 0.717) is 44.3 Å². The molecule has 0 aromatic carbocycles. The number of anilines is 2. The lowest BCUT2D eigenvalue weighted by Gasteiger charge is -2.24. The predicted molar refractivity (Wildman–Crippen MR) is 287 cm³/mol. The summed E-state index contributed by atoms with van der Waals surface area (Å²) in [7, 11) is -2.25. The van der Waals surface area contributed by atoms with Gasteiger partial charge in [0, 0.05) is 114 Å². The Labute approximate surface area is 429 Å². The van der Waals surface area contributed by atoms with Gasteiger partial charge in [-0.2, -0.15) is 26.0 Å². The number of fused-ring (bicyclic) bond motifs is 3. The fourth-order valence-corrected chi connectivity index (χ4v) is 11.6. The summed E-state index contributed by atoms with van der Waals surface area (Å²) in [6.07, 6.45) is 20.4. The highest BCUT2D eigenvalue weighted by Crippen LogP contribution is 2.38. The molecule has 73 heavy (non-hydrogen) atoms. The number of nitrogens with one attached hydrogen (secondary N) is 2. The smallest absolute Gasteiger partial charge is 0.148 e. The number of hydrogen-bond acceptors (Lipinski definition) is 15. The molecule has 0 amide bonds. The van der Waals surface area contributed by atoms with E-state index in [4.69, 9.17) is 14.6 Å². The molecule has 0 radical (unpaired) electrons. The fraction of sp³-hybridized carbons (Fsp3) is 0.500. The lowest BCUT2D eigenvalue weighted by molar-refractivity contribution is 0.0898. The van der Waals surface area contributed by atoms with Crippen LogP contribution in [0.15, 0.2) is 68.2 Å². The van der Waals surface area contributed by atoms with Crippen molar-refractivity contribution in [2.75, 3.05) is 56.2 Å². The van der Waals surface area contributed by atoms with E-state index in [2.05, 4.69) is 103 Å². The van der Waals surface area contributed by atoms with Crippen LogP contribution in [0.25, 0.3) is 44.6 Å². The van der Waals surface area contributed by atoms with Crippen molar-refractivity contribution in [3.8, 4) is 40.7 Å². The second-order valence-corrected chi connectivity index (χ2v) is 33.1. The van der Waals surface area contributed by atoms with Gasteiger partial charge in [0.25, 0.3) is 0 Å². The second kappa shape index (κ2) is 22.5. The average molecular weight is 1020 g/mol. The number of nitriles is 3. The van der Waals surface area contributed by atoms with Gasteiger partial charge in [-0.15, -0.1) is 0 Å². The fourth-order valence-electron chi connectivity index (χ4n) is 10.1. The molecule has 2 saturated heterocycles. The van der Waals surface area contributed by atoms with Gasteiger partial charge in [-0.1, -0.05) is 39.3 Å². The van der Waals surface area contributed by atoms with Crippen molar-refractivity contribution in [1.29, 1.82) is 15.8 Å². The molecule has 3 aliphatic rings. The molecule has 380 valence electrons. The Morgan fingerprint density at radius 1 is 0.712 bits per heavy atom. The minimum absolute atomic E-state index is 0.0791. The van der Waals surface area contributed by atoms with Crippen LogP contribution in [0.2, 0.25) is 51.4 Å². The summed E-state index contributed by atoms with van der Waals surface area (Å²) in [6, 6.07) is 13.4. The maximum atomic E-state index is 9.92. The predicted octanol–water partition coefficient (Wildman–Crippen LogP) is 8.49. The van der Waals surface area contributed by atoms with Crippen molar-refractivity contribution in [2.24, 2.45) is 11.8 Å². The van der Waals surface area contributed by atoms with E-state index in [1.165, 1.54) is 0 Å². The molecule has 2 N–H and O–H groups in total. The molecule has 10 heterocycles. The number of pyridine rings is 1. The largest absolute Gasteiger partial charge is 0.383 e. The van der Waals surface area contributed by atoms with Gasteiger partial charge in [0.15, 0.2) is 0 Å². The van der Waals surface area contributed by atoms with Crippen LogP contribution in [0.5, 0.6) is 0 Å². The summed E-state index contributed by atoms with van der Waals surface area (Å²) in [5, 5.41) is 46.9. The number of ether oxygens (including phenoxy) is 2. The van der Waals surface area contributed by atoms with Crippen LogP contribution in [-0.2, 0) is 29.4 Å². The number of hydrogen-bond donors (Lipinski definition) is 2. The van der Waals surface area contributed by atoms with Gasteiger partial charge in [-0.25, -0.2) is 24.9 Å². The van der Waals surface area contributed by atoms with Gasteiger partial charge in [0.1, 0.15) is 54.9 Å². The zero-order valence-electron chi connectivity index (χ0n) is 43.0. The first-order chi connectivity index (χ1) is 35.3. The number of rotatable bonds is 19. The Hall–Kier alpha value is -6.81. The quantitative estimate of drug-likeness (QED) is 0.0572. The van der Waals surface area contributed by atoms with E-state index < -0.39 is 16.1 Å². The van der Waals surface area contributed by atoms with Crippen molar-refractivity contribution in [3.63, 3.8) is 0 Å². The average Bonchev–Trinajstić information content (AvgIpc) is 4.23. The van der Waals surface area contributed by atoms with E-state index in [-0.39, 0.29) is 18.0 Å². The van der Waals surface area contributed by atoms with Crippen molar-refractivity contribution in [1.82, 2.24) is 58.9 Å². The molecule has 4 atom stereocenters. The van der Waals surface area contributed by atoms with Gasteiger partial charge >= 0.3 is 0 Å². The van der Waals surface area contributed by atoms with Gasteiger partial charge in [-0.05, 0) is 61.5 Å². The molecule has 10 rings (SSSR count). The molecular weight excluding hydrogens is 951 g/mol. The molecule has 7 aromatic heterocycles. The van der Waals surface area contributed by atoms with Crippen LogP contribution >= 0.6 is 0 Å². The Morgan fingerprint density at radius 3 is 1.81 bits per heavy atom. The Bertz CT molecular complexity index is 3140. The molecule has 2 fully saturated rings. The third-order valence-corrected chi connectivity index (χ3v) is 17.7. The summed E-state index contributed by atoms with van der Waals surface area (Å²) < 4.78 is 19.8. The van der Waals surface area contributed by atoms with Gasteiger partial charge < -0.3 is 34.1 Å². The topological polar surface area (TPSA) is 227 Å². The monoisotopic (exact) mass is 1020 g/mol. The molecule has 0 aliphatic carbocycles. The number of aromatic nitrogens is 11. The van der Waals surface area contributed by atoms with E-state index in [1.807, 2.05) is 74.0 Å². The van der Waals surface area contributed by atoms with Crippen molar-refractivity contribution in [3.05, 3.63) is 79.3 Å². The highest BCUT2D eigenvalue weighted by Gasteiger charge is 2.34. The maximum Gasteiger partial charge on any atom is 0.148 e. The van der Waals surface area contributed by atoms with Crippen LogP contribution in [0.4, 0.5) is 11.5 Å². The Morgan fingerprint density at radius 2 is 1.29 bits per heavy atom. The third-order valence-electron chi connectivity index (χ3n) is 14.3. The molecule has 0 saturated carbocycles. The standard InChI is InChI=1S/C30H36N10OSi.C22H31N7OSi/c1-42(2,3)13-12-41-20-39-11-7-24-28(35-19-36-29(24)39)23-16-37-40(18-23)26(4-8-31)22-6-10-38(17-22)30-25(14-32)27-21(15-34-30)5-9-33-27;1-31(2,3)11-10-30-16-28-9-6-19-21(25-15-26-22(19)28)18-13-27-29(14-18)20(4-7-23)17-5-8-24-12-17/h7,11,15-16,18-19,22,26,33H,4-6,9-10,12-13,17,20H2,1-3H3;6,9,13-15,17,20,24H,4-5,8,10-12,16H2,1-3H3. The van der Waals surface area contributed by atoms with E-state index >= 15 is 0 Å². The normalized spacial score (nSPS) is 17.4. The highest BCUT2D eigenvalue weighted by atomic mass is 28.3. The summed E-state index contributed by atoms with van der Waals surface area (Å²) >= 11 is 0. The Kier molecular flexibility index (Phi) is 15.8. The highest BCUT2D eigenvalue weighted by molar-refractivity contribution is 6.76. The molecular formula is C52H67N17O2Si2. The second-order valence-electron chi connectivity index (χ2n) is 21.9. The van der Waals surface area contributed by atoms with Crippen LogP contribution in [0.3, 0.4) is 0 Å². The first-order valence-electron chi connectivity index (χ1n) is 25.5. The molecule has 21 heteroatoms. The molecule has 0 bridgehead atoms. The minimum atomic E-state index is -1.15. The van der Waals surface area contributed by atoms with Gasteiger partial charge in [0.05, 0.1) is 66.5 Å². The van der Waals surface area contributed by atoms with Crippen molar-refractivity contribution < 1.29 is 9.47 Å². The zero-order chi connectivity index (χ0) is 51.1. The number of nitrogens with zero attached hydrogens (tertiary/aromatic N) is 15. The van der Waals surface area contributed by atoms with E-state index in [1.54, 1.807) is 12.7 Å². The molecule has 7 aromatic rings. The SMILES string of the molecule is C[Si](C)(C)CCOCn1ccc2c(-c3cnn(C(CC#N)C4CCN(c5ncc6c(c5C#N)NCC6)C4)c3)ncnc21.C[Si](C)(C)CCOCn1ccc2c(-c3cnn(C(CC#N)C4CCNC4)c3)ncnc21. The first kappa shape index (κ1) is 51.1. The van der Waals surface area contributed by atoms with Crippen LogP contribution in [0.1, 0.15) is 48.9 Å². The minimum Gasteiger partial charge on any atom is -0.383 e. The van der Waals surface area contributed by atoms with Gasteiger partial charge in [0.2, 0.25) is 0 Å². The first-order valence-corrected chi connectivity index (χ1v) is 32.9. The van der Waals surface area contributed by atoms with E-state index in [0.717, 1.165) is 132 Å². The summed E-state index contributed by atoms with van der Waals surface area (Å²) in [6.45, 7) is 20.8. The van der Waals surface area contributed by atoms with Crippen LogP contribution in [0, 0.1) is 45.8 Å². The van der Waals surface area contributed by atoms with E-state index in [9.17, 15) is 15.8 Å². The summed E-state index contributed by atoms with van der Waals surface area (Å²) in [5.41, 5.74) is 7.81. The third kappa shape index (κ3) is 11.9. The Balaban J connectivity index is 0.000000188. The molecule has 0 spiro atoms. The van der Waals surface area contributed by atoms with Crippen LogP contribution < -0.4 is 15.5 Å². The van der Waals surface area contributed by atoms with Gasteiger partial charge in [-0.3, -0.25) is 9.36 Å². The van der Waals surface area contributed by atoms with Crippen molar-refractivity contribution in [2.45, 2.75) is 109 Å². The molecule has 4 unspecified atom stereocenters. The zero-order valence-corrected chi connectivity index (χ0v) is 45.0. The van der Waals surface area contributed by atoms with Crippen LogP contribution in [-0.4, -0.2) is 116 Å². The maximum absolute atomic E-state index is 9.92. The lowest BCUT2D eigenvalue weighted by atomic mass is 9.96. The van der Waals surface area contributed by atoms with Crippen molar-refractivity contribution >= 4 is 49.7 Å².